The van der Waals surface area contributed by atoms with Gasteiger partial charge in [0, 0.05) is 24.1 Å². The standard InChI is InChI=1S/C17H28N2O4S2/c1-13(16(20)18-11-12-24-17(2,3)4)23-15-9-7-14(8-10-15)19(5)25(6,21)22/h7-10,13H,11-12H2,1-6H3,(H,18,20)/t13-/m1/s1. The molecule has 0 unspecified atom stereocenters. The van der Waals surface area contributed by atoms with Crippen LogP contribution in [0.15, 0.2) is 24.3 Å². The SMILES string of the molecule is C[C@@H](Oc1ccc(N(C)S(C)(=O)=O)cc1)C(=O)NCCSC(C)(C)C. The first-order valence-electron chi connectivity index (χ1n) is 8.02. The summed E-state index contributed by atoms with van der Waals surface area (Å²) in [4.78, 5) is 12.0. The normalized spacial score (nSPS) is 13.2. The van der Waals surface area contributed by atoms with Crippen molar-refractivity contribution in [2.45, 2.75) is 38.5 Å². The van der Waals surface area contributed by atoms with Crippen molar-refractivity contribution < 1.29 is 17.9 Å². The number of hydrogen-bond acceptors (Lipinski definition) is 5. The maximum absolute atomic E-state index is 12.0. The van der Waals surface area contributed by atoms with E-state index in [1.807, 2.05) is 0 Å². The molecule has 0 fully saturated rings. The van der Waals surface area contributed by atoms with Crippen molar-refractivity contribution in [2.24, 2.45) is 0 Å². The Morgan fingerprint density at radius 2 is 1.84 bits per heavy atom. The van der Waals surface area contributed by atoms with Gasteiger partial charge in [-0.25, -0.2) is 8.42 Å². The van der Waals surface area contributed by atoms with E-state index in [-0.39, 0.29) is 10.7 Å². The van der Waals surface area contributed by atoms with Crippen molar-refractivity contribution >= 4 is 33.4 Å². The summed E-state index contributed by atoms with van der Waals surface area (Å²) in [7, 11) is -1.82. The minimum absolute atomic E-state index is 0.174. The second kappa shape index (κ2) is 8.80. The van der Waals surface area contributed by atoms with Gasteiger partial charge >= 0.3 is 0 Å². The van der Waals surface area contributed by atoms with Crippen LogP contribution in [0.2, 0.25) is 0 Å². The van der Waals surface area contributed by atoms with Crippen molar-refractivity contribution in [1.29, 1.82) is 0 Å². The van der Waals surface area contributed by atoms with Crippen LogP contribution in [-0.4, -0.2) is 50.8 Å². The van der Waals surface area contributed by atoms with Gasteiger partial charge in [0.1, 0.15) is 5.75 Å². The number of hydrogen-bond donors (Lipinski definition) is 1. The van der Waals surface area contributed by atoms with Gasteiger partial charge in [0.05, 0.1) is 11.9 Å². The third-order valence-corrected chi connectivity index (χ3v) is 5.80. The topological polar surface area (TPSA) is 75.7 Å². The Labute approximate surface area is 155 Å². The summed E-state index contributed by atoms with van der Waals surface area (Å²) in [5.74, 6) is 1.18. The molecule has 1 N–H and O–H groups in total. The minimum Gasteiger partial charge on any atom is -0.481 e. The van der Waals surface area contributed by atoms with Crippen LogP contribution in [0, 0.1) is 0 Å². The highest BCUT2D eigenvalue weighted by atomic mass is 32.2. The molecule has 0 aliphatic heterocycles. The van der Waals surface area contributed by atoms with Crippen molar-refractivity contribution in [3.05, 3.63) is 24.3 Å². The quantitative estimate of drug-likeness (QED) is 0.693. The zero-order chi connectivity index (χ0) is 19.3. The maximum Gasteiger partial charge on any atom is 0.260 e. The summed E-state index contributed by atoms with van der Waals surface area (Å²) in [6.07, 6.45) is 0.514. The number of rotatable bonds is 8. The Balaban J connectivity index is 2.51. The lowest BCUT2D eigenvalue weighted by Crippen LogP contribution is -2.37. The fourth-order valence-electron chi connectivity index (χ4n) is 1.86. The number of ether oxygens (including phenoxy) is 1. The molecule has 0 saturated carbocycles. The Hall–Kier alpha value is -1.41. The van der Waals surface area contributed by atoms with Crippen molar-refractivity contribution in [3.63, 3.8) is 0 Å². The minimum atomic E-state index is -3.30. The number of benzene rings is 1. The van der Waals surface area contributed by atoms with E-state index in [1.165, 1.54) is 11.4 Å². The predicted octanol–water partition coefficient (Wildman–Crippen LogP) is 2.50. The first-order valence-corrected chi connectivity index (χ1v) is 10.9. The van der Waals surface area contributed by atoms with Crippen LogP contribution < -0.4 is 14.4 Å². The van der Waals surface area contributed by atoms with Gasteiger partial charge in [0.15, 0.2) is 6.10 Å². The van der Waals surface area contributed by atoms with E-state index in [1.54, 1.807) is 43.0 Å². The molecule has 142 valence electrons. The van der Waals surface area contributed by atoms with E-state index >= 15 is 0 Å². The van der Waals surface area contributed by atoms with Crippen LogP contribution >= 0.6 is 11.8 Å². The number of thioether (sulfide) groups is 1. The number of sulfonamides is 1. The maximum atomic E-state index is 12.0. The monoisotopic (exact) mass is 388 g/mol. The first-order chi connectivity index (χ1) is 11.4. The number of carbonyl (C=O) groups excluding carboxylic acids is 1. The molecule has 25 heavy (non-hydrogen) atoms. The second-order valence-electron chi connectivity index (χ2n) is 6.74. The van der Waals surface area contributed by atoms with Gasteiger partial charge in [0.25, 0.3) is 5.91 Å². The summed E-state index contributed by atoms with van der Waals surface area (Å²) in [5, 5.41) is 2.85. The molecule has 0 aliphatic carbocycles. The van der Waals surface area contributed by atoms with E-state index < -0.39 is 16.1 Å². The molecule has 1 aromatic rings. The molecule has 1 rings (SSSR count). The zero-order valence-electron chi connectivity index (χ0n) is 15.7. The van der Waals surface area contributed by atoms with E-state index in [2.05, 4.69) is 26.1 Å². The van der Waals surface area contributed by atoms with E-state index in [9.17, 15) is 13.2 Å². The molecule has 0 heterocycles. The summed E-state index contributed by atoms with van der Waals surface area (Å²) in [5.41, 5.74) is 0.533. The Morgan fingerprint density at radius 3 is 2.32 bits per heavy atom. The lowest BCUT2D eigenvalue weighted by molar-refractivity contribution is -0.127. The summed E-state index contributed by atoms with van der Waals surface area (Å²) < 4.78 is 30.0. The number of anilines is 1. The van der Waals surface area contributed by atoms with Gasteiger partial charge in [-0.2, -0.15) is 11.8 Å². The van der Waals surface area contributed by atoms with Crippen molar-refractivity contribution in [3.8, 4) is 5.75 Å². The fraction of sp³-hybridized carbons (Fsp3) is 0.588. The number of nitrogens with one attached hydrogen (secondary N) is 1. The van der Waals surface area contributed by atoms with E-state index in [4.69, 9.17) is 4.74 Å². The Bertz CT molecular complexity index is 667. The smallest absolute Gasteiger partial charge is 0.260 e. The molecule has 1 amide bonds. The molecule has 0 radical (unpaired) electrons. The van der Waals surface area contributed by atoms with Crippen LogP contribution in [0.25, 0.3) is 0 Å². The molecule has 0 aliphatic rings. The van der Waals surface area contributed by atoms with E-state index in [0.29, 0.717) is 18.0 Å². The molecule has 8 heteroatoms. The summed E-state index contributed by atoms with van der Waals surface area (Å²) in [6, 6.07) is 6.58. The average molecular weight is 389 g/mol. The number of nitrogens with zero attached hydrogens (tertiary/aromatic N) is 1. The molecule has 0 bridgehead atoms. The lowest BCUT2D eigenvalue weighted by Gasteiger charge is -2.19. The molecular weight excluding hydrogens is 360 g/mol. The van der Waals surface area contributed by atoms with Crippen molar-refractivity contribution in [2.75, 3.05) is 29.9 Å². The lowest BCUT2D eigenvalue weighted by atomic mass is 10.3. The van der Waals surface area contributed by atoms with Crippen LogP contribution in [0.5, 0.6) is 5.75 Å². The number of carbonyl (C=O) groups is 1. The van der Waals surface area contributed by atoms with Crippen LogP contribution in [0.3, 0.4) is 0 Å². The van der Waals surface area contributed by atoms with Gasteiger partial charge in [0.2, 0.25) is 10.0 Å². The van der Waals surface area contributed by atoms with Gasteiger partial charge in [-0.05, 0) is 31.2 Å². The Morgan fingerprint density at radius 1 is 1.28 bits per heavy atom. The predicted molar refractivity (Wildman–Crippen MR) is 105 cm³/mol. The van der Waals surface area contributed by atoms with E-state index in [0.717, 1.165) is 12.0 Å². The molecule has 6 nitrogen and oxygen atoms in total. The van der Waals surface area contributed by atoms with Gasteiger partial charge < -0.3 is 10.1 Å². The molecular formula is C17H28N2O4S2. The van der Waals surface area contributed by atoms with Gasteiger partial charge in [-0.3, -0.25) is 9.10 Å². The fourth-order valence-corrected chi connectivity index (χ4v) is 3.18. The highest BCUT2D eigenvalue weighted by Crippen LogP contribution is 2.22. The summed E-state index contributed by atoms with van der Waals surface area (Å²) >= 11 is 1.79. The highest BCUT2D eigenvalue weighted by Gasteiger charge is 2.16. The zero-order valence-corrected chi connectivity index (χ0v) is 17.3. The van der Waals surface area contributed by atoms with Crippen molar-refractivity contribution in [1.82, 2.24) is 5.32 Å². The third-order valence-electron chi connectivity index (χ3n) is 3.32. The molecule has 0 saturated heterocycles. The van der Waals surface area contributed by atoms with Crippen LogP contribution in [-0.2, 0) is 14.8 Å². The second-order valence-corrected chi connectivity index (χ2v) is 10.7. The average Bonchev–Trinajstić information content (AvgIpc) is 2.49. The third kappa shape index (κ3) is 8.00. The highest BCUT2D eigenvalue weighted by molar-refractivity contribution is 8.00. The summed E-state index contributed by atoms with van der Waals surface area (Å²) in [6.45, 7) is 8.68. The molecule has 1 atom stereocenters. The van der Waals surface area contributed by atoms with Crippen LogP contribution in [0.4, 0.5) is 5.69 Å². The van der Waals surface area contributed by atoms with Gasteiger partial charge in [-0.15, -0.1) is 0 Å². The largest absolute Gasteiger partial charge is 0.481 e. The molecule has 0 spiro atoms. The van der Waals surface area contributed by atoms with Gasteiger partial charge in [-0.1, -0.05) is 20.8 Å². The first kappa shape index (κ1) is 21.6. The number of amides is 1. The molecule has 0 aromatic heterocycles. The van der Waals surface area contributed by atoms with Crippen LogP contribution in [0.1, 0.15) is 27.7 Å². The molecule has 1 aromatic carbocycles. The Kier molecular flexibility index (Phi) is 7.62.